The van der Waals surface area contributed by atoms with E-state index >= 15 is 0 Å². The Bertz CT molecular complexity index is 1210. The highest BCUT2D eigenvalue weighted by Gasteiger charge is 2.18. The first-order valence-electron chi connectivity index (χ1n) is 10.4. The van der Waals surface area contributed by atoms with Crippen LogP contribution in [0.3, 0.4) is 0 Å². The molecule has 0 saturated carbocycles. The predicted molar refractivity (Wildman–Crippen MR) is 118 cm³/mol. The van der Waals surface area contributed by atoms with Crippen LogP contribution in [-0.4, -0.2) is 0 Å². The van der Waals surface area contributed by atoms with Crippen LogP contribution in [0.2, 0.25) is 0 Å². The van der Waals surface area contributed by atoms with E-state index in [2.05, 4.69) is 31.2 Å². The van der Waals surface area contributed by atoms with Gasteiger partial charge in [0.2, 0.25) is 0 Å². The summed E-state index contributed by atoms with van der Waals surface area (Å²) in [6.45, 7) is 2.19. The summed E-state index contributed by atoms with van der Waals surface area (Å²) in [6, 6.07) is 19.4. The number of benzene rings is 4. The first kappa shape index (κ1) is 21.1. The van der Waals surface area contributed by atoms with Gasteiger partial charge < -0.3 is 0 Å². The van der Waals surface area contributed by atoms with Crippen molar-refractivity contribution >= 4 is 10.8 Å². The monoisotopic (exact) mass is 422 g/mol. The number of unbranched alkanes of at least 4 members (excludes halogenated alkanes) is 2. The van der Waals surface area contributed by atoms with Gasteiger partial charge in [-0.3, -0.25) is 0 Å². The third kappa shape index (κ3) is 4.34. The highest BCUT2D eigenvalue weighted by molar-refractivity contribution is 5.89. The van der Waals surface area contributed by atoms with Gasteiger partial charge >= 0.3 is 0 Å². The summed E-state index contributed by atoms with van der Waals surface area (Å²) < 4.78 is 55.5. The number of fused-ring (bicyclic) bond motifs is 1. The maximum Gasteiger partial charge on any atom is 0.195 e. The fraction of sp³-hybridized carbons (Fsp3) is 0.185. The molecule has 0 atom stereocenters. The first-order valence-corrected chi connectivity index (χ1v) is 10.4. The Kier molecular flexibility index (Phi) is 6.08. The summed E-state index contributed by atoms with van der Waals surface area (Å²) in [4.78, 5) is 0. The van der Waals surface area contributed by atoms with E-state index < -0.39 is 28.7 Å². The number of hydrogen-bond acceptors (Lipinski definition) is 0. The van der Waals surface area contributed by atoms with Crippen LogP contribution >= 0.6 is 0 Å². The minimum Gasteiger partial charge on any atom is -0.206 e. The molecule has 0 nitrogen and oxygen atoms in total. The Hall–Kier alpha value is -3.14. The zero-order valence-electron chi connectivity index (χ0n) is 17.2. The Morgan fingerprint density at radius 1 is 0.581 bits per heavy atom. The van der Waals surface area contributed by atoms with Crippen molar-refractivity contribution in [1.82, 2.24) is 0 Å². The summed E-state index contributed by atoms with van der Waals surface area (Å²) in [6.07, 6.45) is 4.69. The van der Waals surface area contributed by atoms with Crippen LogP contribution in [0.4, 0.5) is 17.6 Å². The van der Waals surface area contributed by atoms with Gasteiger partial charge in [-0.1, -0.05) is 68.3 Å². The normalized spacial score (nSPS) is 11.3. The second kappa shape index (κ2) is 8.93. The number of halogens is 4. The molecule has 0 aliphatic carbocycles. The van der Waals surface area contributed by atoms with E-state index in [0.29, 0.717) is 11.1 Å². The topological polar surface area (TPSA) is 0 Å². The smallest absolute Gasteiger partial charge is 0.195 e. The minimum absolute atomic E-state index is 0.0193. The Morgan fingerprint density at radius 2 is 1.16 bits per heavy atom. The quantitative estimate of drug-likeness (QED) is 0.166. The third-order valence-corrected chi connectivity index (χ3v) is 5.60. The fourth-order valence-electron chi connectivity index (χ4n) is 3.85. The lowest BCUT2D eigenvalue weighted by molar-refractivity contribution is 0.451. The Morgan fingerprint density at radius 3 is 1.77 bits per heavy atom. The molecule has 0 spiro atoms. The molecule has 0 aliphatic heterocycles. The van der Waals surface area contributed by atoms with Gasteiger partial charge in [-0.15, -0.1) is 0 Å². The molecular weight excluding hydrogens is 400 g/mol. The zero-order chi connectivity index (χ0) is 22.0. The highest BCUT2D eigenvalue weighted by atomic mass is 19.2. The fourth-order valence-corrected chi connectivity index (χ4v) is 3.85. The molecule has 0 unspecified atom stereocenters. The molecule has 4 aromatic carbocycles. The van der Waals surface area contributed by atoms with E-state index in [9.17, 15) is 17.6 Å². The average molecular weight is 422 g/mol. The van der Waals surface area contributed by atoms with E-state index in [0.717, 1.165) is 29.7 Å². The van der Waals surface area contributed by atoms with Crippen LogP contribution in [0.25, 0.3) is 33.0 Å². The number of rotatable bonds is 6. The molecule has 0 bridgehead atoms. The molecule has 4 rings (SSSR count). The Labute approximate surface area is 179 Å². The van der Waals surface area contributed by atoms with Crippen LogP contribution < -0.4 is 0 Å². The molecule has 0 fully saturated rings. The van der Waals surface area contributed by atoms with Crippen LogP contribution in [0.1, 0.15) is 31.7 Å². The van der Waals surface area contributed by atoms with E-state index in [1.807, 2.05) is 24.3 Å². The van der Waals surface area contributed by atoms with Crippen LogP contribution in [0.15, 0.2) is 66.7 Å². The molecule has 4 heteroatoms. The predicted octanol–water partition coefficient (Wildman–Crippen LogP) is 8.46. The van der Waals surface area contributed by atoms with Crippen molar-refractivity contribution in [2.75, 3.05) is 0 Å². The van der Waals surface area contributed by atoms with Crippen LogP contribution in [0.5, 0.6) is 0 Å². The van der Waals surface area contributed by atoms with E-state index in [1.54, 1.807) is 0 Å². The molecular formula is C27H22F4. The van der Waals surface area contributed by atoms with Crippen molar-refractivity contribution in [3.63, 3.8) is 0 Å². The van der Waals surface area contributed by atoms with Crippen molar-refractivity contribution in [3.05, 3.63) is 95.6 Å². The van der Waals surface area contributed by atoms with Gasteiger partial charge in [0.1, 0.15) is 5.82 Å². The van der Waals surface area contributed by atoms with Crippen LogP contribution in [-0.2, 0) is 6.42 Å². The largest absolute Gasteiger partial charge is 0.206 e. The average Bonchev–Trinajstić information content (AvgIpc) is 2.78. The second-order valence-electron chi connectivity index (χ2n) is 7.77. The van der Waals surface area contributed by atoms with Crippen LogP contribution in [0, 0.1) is 23.3 Å². The summed E-state index contributed by atoms with van der Waals surface area (Å²) in [7, 11) is 0. The standard InChI is InChI=1S/C27H22F4/c1-2-3-4-5-17-6-8-18(9-7-17)19-10-12-20(13-11-19)21-14-22-16-24(29)26(30)27(31)25(22)23(28)15-21/h6-16H,2-5H2,1H3. The number of hydrogen-bond donors (Lipinski definition) is 0. The molecule has 158 valence electrons. The molecule has 0 aliphatic rings. The van der Waals surface area contributed by atoms with Crippen molar-refractivity contribution in [3.8, 4) is 22.3 Å². The molecule has 0 radical (unpaired) electrons. The molecule has 0 N–H and O–H groups in total. The van der Waals surface area contributed by atoms with Gasteiger partial charge in [0, 0.05) is 0 Å². The van der Waals surface area contributed by atoms with Crippen molar-refractivity contribution in [1.29, 1.82) is 0 Å². The second-order valence-corrected chi connectivity index (χ2v) is 7.77. The summed E-state index contributed by atoms with van der Waals surface area (Å²) >= 11 is 0. The maximum atomic E-state index is 14.5. The SMILES string of the molecule is CCCCCc1ccc(-c2ccc(-c3cc(F)c4c(F)c(F)c(F)cc4c3)cc2)cc1. The highest BCUT2D eigenvalue weighted by Crippen LogP contribution is 2.32. The Balaban J connectivity index is 1.61. The van der Waals surface area contributed by atoms with Crippen molar-refractivity contribution < 1.29 is 17.6 Å². The van der Waals surface area contributed by atoms with Crippen molar-refractivity contribution in [2.45, 2.75) is 32.6 Å². The van der Waals surface area contributed by atoms with Gasteiger partial charge in [-0.05, 0) is 64.2 Å². The van der Waals surface area contributed by atoms with E-state index in [4.69, 9.17) is 0 Å². The third-order valence-electron chi connectivity index (χ3n) is 5.60. The molecule has 0 saturated heterocycles. The van der Waals surface area contributed by atoms with E-state index in [1.165, 1.54) is 30.9 Å². The zero-order valence-corrected chi connectivity index (χ0v) is 17.2. The lowest BCUT2D eigenvalue weighted by Gasteiger charge is -2.09. The molecule has 0 amide bonds. The first-order chi connectivity index (χ1) is 15.0. The van der Waals surface area contributed by atoms with Gasteiger partial charge in [0.15, 0.2) is 17.5 Å². The molecule has 0 heterocycles. The molecule has 0 aromatic heterocycles. The van der Waals surface area contributed by atoms with E-state index in [-0.39, 0.29) is 5.39 Å². The van der Waals surface area contributed by atoms with Gasteiger partial charge in [-0.2, -0.15) is 0 Å². The summed E-state index contributed by atoms with van der Waals surface area (Å²) in [5, 5.41) is -0.563. The summed E-state index contributed by atoms with van der Waals surface area (Å²) in [5.41, 5.74) is 4.58. The van der Waals surface area contributed by atoms with Gasteiger partial charge in [0.05, 0.1) is 5.39 Å². The van der Waals surface area contributed by atoms with Crippen molar-refractivity contribution in [2.24, 2.45) is 0 Å². The summed E-state index contributed by atoms with van der Waals surface area (Å²) in [5.74, 6) is -5.44. The molecule has 4 aromatic rings. The minimum atomic E-state index is -1.67. The maximum absolute atomic E-state index is 14.5. The van der Waals surface area contributed by atoms with Gasteiger partial charge in [-0.25, -0.2) is 17.6 Å². The van der Waals surface area contributed by atoms with Gasteiger partial charge in [0.25, 0.3) is 0 Å². The molecule has 31 heavy (non-hydrogen) atoms. The lowest BCUT2D eigenvalue weighted by atomic mass is 9.97. The number of aryl methyl sites for hydroxylation is 1. The lowest BCUT2D eigenvalue weighted by Crippen LogP contribution is -1.95.